The van der Waals surface area contributed by atoms with Gasteiger partial charge in [0.1, 0.15) is 11.5 Å². The number of hydrogen-bond donors (Lipinski definition) is 2. The second kappa shape index (κ2) is 25.6. The average Bonchev–Trinajstić information content (AvgIpc) is 3.16. The summed E-state index contributed by atoms with van der Waals surface area (Å²) >= 11 is 11.8. The number of halogens is 2. The van der Waals surface area contributed by atoms with Gasteiger partial charge in [-0.1, -0.05) is 71.7 Å². The molecule has 0 saturated carbocycles. The molecule has 273 valence electrons. The first-order valence-electron chi connectivity index (χ1n) is 17.4. The first-order valence-corrected chi connectivity index (χ1v) is 18.1. The number of piperidine rings is 2. The molecule has 3 radical (unpaired) electrons. The van der Waals surface area contributed by atoms with Gasteiger partial charge in [0.15, 0.2) is 5.78 Å². The Morgan fingerprint density at radius 3 is 1.67 bits per heavy atom. The summed E-state index contributed by atoms with van der Waals surface area (Å²) in [4.78, 5) is 17.0. The Labute approximate surface area is 345 Å². The fourth-order valence-corrected chi connectivity index (χ4v) is 6.56. The molecule has 2 saturated heterocycles. The maximum Gasteiger partial charge on any atom is 1.00 e. The van der Waals surface area contributed by atoms with Crippen LogP contribution in [0.2, 0.25) is 10.0 Å². The SMILES string of the molecule is CO.O=C(CN1CCCC(COc2ccccc2)C1)c1ccc(Cl)cc1.OC(CN1CCCC(COc2ccccc2)C1)c1ccc(Cl)cc1.[B].[H-].[Na+]. The van der Waals surface area contributed by atoms with Gasteiger partial charge in [-0.2, -0.15) is 0 Å². The molecule has 3 unspecified atom stereocenters. The zero-order valence-electron chi connectivity index (χ0n) is 31.5. The Morgan fingerprint density at radius 1 is 0.731 bits per heavy atom. The van der Waals surface area contributed by atoms with Gasteiger partial charge in [0.2, 0.25) is 0 Å². The molecule has 2 fully saturated rings. The van der Waals surface area contributed by atoms with E-state index in [9.17, 15) is 9.90 Å². The summed E-state index contributed by atoms with van der Waals surface area (Å²) in [7, 11) is 1.00. The summed E-state index contributed by atoms with van der Waals surface area (Å²) in [6.07, 6.45) is 4.11. The van der Waals surface area contributed by atoms with Crippen molar-refractivity contribution in [3.05, 3.63) is 130 Å². The van der Waals surface area contributed by atoms with Crippen molar-refractivity contribution in [3.8, 4) is 11.5 Å². The van der Waals surface area contributed by atoms with E-state index in [1.165, 1.54) is 6.42 Å². The Bertz CT molecular complexity index is 1530. The van der Waals surface area contributed by atoms with E-state index in [2.05, 4.69) is 9.80 Å². The third-order valence-electron chi connectivity index (χ3n) is 8.88. The molecule has 2 aliphatic heterocycles. The molecule has 0 spiro atoms. The second-order valence-corrected chi connectivity index (χ2v) is 13.6. The topological polar surface area (TPSA) is 82.5 Å². The molecule has 11 heteroatoms. The number of likely N-dealkylation sites (tertiary alicyclic amines) is 2. The largest absolute Gasteiger partial charge is 1.00 e. The number of hydrogen-bond acceptors (Lipinski definition) is 7. The van der Waals surface area contributed by atoms with E-state index in [0.29, 0.717) is 41.6 Å². The van der Waals surface area contributed by atoms with Gasteiger partial charge in [-0.05, 0) is 105 Å². The summed E-state index contributed by atoms with van der Waals surface area (Å²) in [6.45, 7) is 6.44. The van der Waals surface area contributed by atoms with Crippen LogP contribution in [-0.4, -0.2) is 93.8 Å². The summed E-state index contributed by atoms with van der Waals surface area (Å²) in [6, 6.07) is 34.4. The molecule has 3 atom stereocenters. The molecule has 7 nitrogen and oxygen atoms in total. The molecule has 2 N–H and O–H groups in total. The van der Waals surface area contributed by atoms with Crippen LogP contribution in [0, 0.1) is 11.8 Å². The van der Waals surface area contributed by atoms with Crippen LogP contribution in [-0.2, 0) is 0 Å². The maximum atomic E-state index is 12.4. The Morgan fingerprint density at radius 2 is 1.17 bits per heavy atom. The number of ether oxygens (including phenoxy) is 2. The van der Waals surface area contributed by atoms with E-state index in [1.54, 1.807) is 24.3 Å². The quantitative estimate of drug-likeness (QED) is 0.159. The van der Waals surface area contributed by atoms with Crippen LogP contribution < -0.4 is 39.0 Å². The normalized spacial score (nSPS) is 17.7. The van der Waals surface area contributed by atoms with Gasteiger partial charge in [-0.3, -0.25) is 9.69 Å². The van der Waals surface area contributed by atoms with E-state index >= 15 is 0 Å². The zero-order chi connectivity index (χ0) is 35.6. The van der Waals surface area contributed by atoms with Crippen LogP contribution in [0.25, 0.3) is 0 Å². The molecule has 0 amide bonds. The van der Waals surface area contributed by atoms with Crippen molar-refractivity contribution in [2.24, 2.45) is 11.8 Å². The van der Waals surface area contributed by atoms with Crippen LogP contribution in [0.5, 0.6) is 11.5 Å². The number of para-hydroxylation sites is 2. The van der Waals surface area contributed by atoms with Gasteiger partial charge in [-0.15, -0.1) is 0 Å². The fraction of sp³-hybridized carbons (Fsp3) is 0.390. The number of carbonyl (C=O) groups is 1. The number of β-amino-alcohol motifs (C(OH)–C–C–N with tert-alkyl or cyclic N) is 1. The first kappa shape index (κ1) is 45.8. The molecule has 0 bridgehead atoms. The number of Topliss-reactive ketones (excluding diaryl/α,β-unsaturated/α-hetero) is 1. The minimum atomic E-state index is -0.476. The molecular formula is C41H51BCl2N2NaO5. The third kappa shape index (κ3) is 16.3. The fourth-order valence-electron chi connectivity index (χ4n) is 6.31. The molecule has 52 heavy (non-hydrogen) atoms. The molecular weight excluding hydrogens is 705 g/mol. The van der Waals surface area contributed by atoms with E-state index in [1.807, 2.05) is 84.9 Å². The van der Waals surface area contributed by atoms with Gasteiger partial charge in [-0.25, -0.2) is 0 Å². The van der Waals surface area contributed by atoms with Crippen molar-refractivity contribution < 1.29 is 55.5 Å². The van der Waals surface area contributed by atoms with E-state index in [4.69, 9.17) is 37.8 Å². The molecule has 2 heterocycles. The second-order valence-electron chi connectivity index (χ2n) is 12.8. The van der Waals surface area contributed by atoms with Gasteiger partial charge in [0.05, 0.1) is 25.9 Å². The van der Waals surface area contributed by atoms with Gasteiger partial charge < -0.3 is 26.0 Å². The number of aliphatic hydroxyl groups is 2. The summed E-state index contributed by atoms with van der Waals surface area (Å²) in [5.74, 6) is 2.97. The van der Waals surface area contributed by atoms with Crippen molar-refractivity contribution in [2.45, 2.75) is 31.8 Å². The number of aliphatic hydroxyl groups excluding tert-OH is 2. The van der Waals surface area contributed by atoms with Crippen LogP contribution >= 0.6 is 23.2 Å². The van der Waals surface area contributed by atoms with Crippen LogP contribution in [0.15, 0.2) is 109 Å². The van der Waals surface area contributed by atoms with Crippen molar-refractivity contribution in [3.63, 3.8) is 0 Å². The van der Waals surface area contributed by atoms with E-state index < -0.39 is 6.10 Å². The smallest absolute Gasteiger partial charge is 1.00 e. The first-order chi connectivity index (χ1) is 24.4. The average molecular weight is 757 g/mol. The predicted molar refractivity (Wildman–Crippen MR) is 209 cm³/mol. The standard InChI is InChI=1S/C20H24ClNO2.C20H22ClNO2.CH4O.B.Na.H/c2*21-18-10-8-17(9-11-18)20(23)14-22-12-4-5-16(13-22)15-24-19-6-2-1-3-7-19;1-2;;;/h1-3,6-11,16,20,23H,4-5,12-15H2;1-3,6-11,16H,4-5,12-15H2;2H,1H3;;;/q;;;;+1;-1. The van der Waals surface area contributed by atoms with Gasteiger partial charge in [0.25, 0.3) is 0 Å². The molecule has 4 aromatic rings. The van der Waals surface area contributed by atoms with Crippen molar-refractivity contribution >= 4 is 37.4 Å². The minimum absolute atomic E-state index is 0. The van der Waals surface area contributed by atoms with Crippen LogP contribution in [0.1, 0.15) is 49.1 Å². The number of ketones is 1. The Kier molecular flexibility index (Phi) is 22.6. The van der Waals surface area contributed by atoms with Gasteiger partial charge >= 0.3 is 29.6 Å². The molecule has 4 aromatic carbocycles. The van der Waals surface area contributed by atoms with Crippen LogP contribution in [0.3, 0.4) is 0 Å². The number of benzene rings is 4. The molecule has 0 aromatic heterocycles. The van der Waals surface area contributed by atoms with Crippen molar-refractivity contribution in [1.29, 1.82) is 0 Å². The zero-order valence-corrected chi connectivity index (χ0v) is 34.0. The monoisotopic (exact) mass is 755 g/mol. The van der Waals surface area contributed by atoms with Crippen molar-refractivity contribution in [1.82, 2.24) is 9.80 Å². The summed E-state index contributed by atoms with van der Waals surface area (Å²) in [5.41, 5.74) is 1.64. The Balaban J connectivity index is 0.000000480. The number of nitrogens with zero attached hydrogens (tertiary/aromatic N) is 2. The van der Waals surface area contributed by atoms with E-state index in [0.717, 1.165) is 81.8 Å². The van der Waals surface area contributed by atoms with Crippen molar-refractivity contribution in [2.75, 3.05) is 59.6 Å². The molecule has 2 aliphatic rings. The Hall–Kier alpha value is -2.37. The van der Waals surface area contributed by atoms with E-state index in [-0.39, 0.29) is 45.2 Å². The maximum absolute atomic E-state index is 12.4. The predicted octanol–water partition coefficient (Wildman–Crippen LogP) is 4.82. The summed E-state index contributed by atoms with van der Waals surface area (Å²) in [5, 5.41) is 18.8. The van der Waals surface area contributed by atoms with Gasteiger partial charge in [0, 0.05) is 62.6 Å². The number of carbonyl (C=O) groups excluding carboxylic acids is 1. The molecule has 0 aliphatic carbocycles. The number of rotatable bonds is 12. The van der Waals surface area contributed by atoms with Crippen LogP contribution in [0.4, 0.5) is 0 Å². The molecule has 6 rings (SSSR count). The third-order valence-corrected chi connectivity index (χ3v) is 9.39. The summed E-state index contributed by atoms with van der Waals surface area (Å²) < 4.78 is 11.8. The minimum Gasteiger partial charge on any atom is -1.00 e.